The number of hydrogen-bond donors (Lipinski definition) is 1. The van der Waals surface area contributed by atoms with Gasteiger partial charge in [-0.1, -0.05) is 59.3 Å². The minimum absolute atomic E-state index is 0.135. The summed E-state index contributed by atoms with van der Waals surface area (Å²) >= 11 is 0. The molecule has 6 nitrogen and oxygen atoms in total. The predicted molar refractivity (Wildman–Crippen MR) is 115 cm³/mol. The fraction of sp³-hybridized carbons (Fsp3) is 0.125. The first-order chi connectivity index (χ1) is 14.6. The topological polar surface area (TPSA) is 77.2 Å². The van der Waals surface area contributed by atoms with Gasteiger partial charge in [-0.2, -0.15) is 4.98 Å². The van der Waals surface area contributed by atoms with Crippen molar-refractivity contribution >= 4 is 11.6 Å². The van der Waals surface area contributed by atoms with Gasteiger partial charge in [0.15, 0.2) is 6.61 Å². The molecular weight excluding hydrogens is 378 g/mol. The number of amides is 1. The maximum Gasteiger partial charge on any atom is 0.262 e. The molecule has 6 heteroatoms. The summed E-state index contributed by atoms with van der Waals surface area (Å²) in [6, 6.07) is 22.7. The van der Waals surface area contributed by atoms with Gasteiger partial charge in [0.25, 0.3) is 11.8 Å². The number of rotatable bonds is 6. The average molecular weight is 399 g/mol. The van der Waals surface area contributed by atoms with Crippen LogP contribution in [0, 0.1) is 13.8 Å². The number of aryl methyl sites for hydroxylation is 2. The van der Waals surface area contributed by atoms with Crippen molar-refractivity contribution in [2.45, 2.75) is 13.8 Å². The zero-order valence-electron chi connectivity index (χ0n) is 16.8. The van der Waals surface area contributed by atoms with E-state index in [2.05, 4.69) is 15.5 Å². The van der Waals surface area contributed by atoms with Crippen LogP contribution in [0.3, 0.4) is 0 Å². The van der Waals surface area contributed by atoms with Crippen LogP contribution in [0.25, 0.3) is 22.8 Å². The first-order valence-corrected chi connectivity index (χ1v) is 9.58. The van der Waals surface area contributed by atoms with E-state index in [1.807, 2.05) is 80.6 Å². The Morgan fingerprint density at radius 3 is 2.57 bits per heavy atom. The van der Waals surface area contributed by atoms with E-state index in [4.69, 9.17) is 9.26 Å². The third kappa shape index (κ3) is 4.55. The van der Waals surface area contributed by atoms with Crippen LogP contribution in [-0.4, -0.2) is 22.7 Å². The predicted octanol–water partition coefficient (Wildman–Crippen LogP) is 5.04. The zero-order chi connectivity index (χ0) is 20.9. The van der Waals surface area contributed by atoms with Crippen molar-refractivity contribution in [2.24, 2.45) is 0 Å². The zero-order valence-corrected chi connectivity index (χ0v) is 16.8. The molecule has 0 saturated carbocycles. The number of benzene rings is 3. The van der Waals surface area contributed by atoms with Crippen molar-refractivity contribution in [1.29, 1.82) is 0 Å². The van der Waals surface area contributed by atoms with Crippen molar-refractivity contribution in [3.05, 3.63) is 83.9 Å². The Kier molecular flexibility index (Phi) is 5.57. The second-order valence-electron chi connectivity index (χ2n) is 6.99. The molecule has 1 amide bonds. The lowest BCUT2D eigenvalue weighted by Gasteiger charge is -2.10. The molecular formula is C24H21N3O3. The average Bonchev–Trinajstić information content (AvgIpc) is 3.23. The second kappa shape index (κ2) is 8.61. The van der Waals surface area contributed by atoms with Gasteiger partial charge in [0.2, 0.25) is 5.82 Å². The van der Waals surface area contributed by atoms with E-state index in [0.29, 0.717) is 23.0 Å². The van der Waals surface area contributed by atoms with Crippen LogP contribution in [0.1, 0.15) is 11.1 Å². The second-order valence-corrected chi connectivity index (χ2v) is 6.99. The Labute approximate surface area is 174 Å². The van der Waals surface area contributed by atoms with Gasteiger partial charge in [-0.25, -0.2) is 0 Å². The van der Waals surface area contributed by atoms with E-state index in [0.717, 1.165) is 22.4 Å². The van der Waals surface area contributed by atoms with Crippen LogP contribution in [0.15, 0.2) is 77.3 Å². The van der Waals surface area contributed by atoms with Gasteiger partial charge in [0, 0.05) is 11.3 Å². The number of ether oxygens (including phenoxy) is 1. The van der Waals surface area contributed by atoms with E-state index >= 15 is 0 Å². The molecule has 0 fully saturated rings. The van der Waals surface area contributed by atoms with Crippen LogP contribution in [0.2, 0.25) is 0 Å². The fourth-order valence-corrected chi connectivity index (χ4v) is 2.99. The van der Waals surface area contributed by atoms with E-state index in [1.54, 1.807) is 6.07 Å². The smallest absolute Gasteiger partial charge is 0.262 e. The minimum Gasteiger partial charge on any atom is -0.483 e. The monoisotopic (exact) mass is 399 g/mol. The molecule has 30 heavy (non-hydrogen) atoms. The molecule has 0 atom stereocenters. The minimum atomic E-state index is -0.249. The van der Waals surface area contributed by atoms with Crippen LogP contribution in [0.4, 0.5) is 5.69 Å². The molecule has 3 aromatic carbocycles. The standard InChI is InChI=1S/C24H21N3O3/c1-16-10-12-18(13-11-16)23-26-24(30-27-23)20-8-3-4-9-21(20)29-15-22(28)25-19-7-5-6-17(2)14-19/h3-14H,15H2,1-2H3,(H,25,28). The highest BCUT2D eigenvalue weighted by atomic mass is 16.5. The lowest BCUT2D eigenvalue weighted by molar-refractivity contribution is -0.118. The molecule has 150 valence electrons. The number of hydrogen-bond acceptors (Lipinski definition) is 5. The van der Waals surface area contributed by atoms with E-state index in [-0.39, 0.29) is 12.5 Å². The number of carbonyl (C=O) groups excluding carboxylic acids is 1. The third-order valence-corrected chi connectivity index (χ3v) is 4.51. The molecule has 0 aliphatic carbocycles. The van der Waals surface area contributed by atoms with Crippen LogP contribution in [0.5, 0.6) is 5.75 Å². The molecule has 4 aromatic rings. The summed E-state index contributed by atoms with van der Waals surface area (Å²) in [6.45, 7) is 3.86. The van der Waals surface area contributed by atoms with Crippen LogP contribution >= 0.6 is 0 Å². The summed E-state index contributed by atoms with van der Waals surface area (Å²) in [5, 5.41) is 6.90. The molecule has 0 bridgehead atoms. The summed E-state index contributed by atoms with van der Waals surface area (Å²) in [6.07, 6.45) is 0. The number of carbonyl (C=O) groups is 1. The highest BCUT2D eigenvalue weighted by molar-refractivity contribution is 5.92. The Bertz CT molecular complexity index is 1170. The van der Waals surface area contributed by atoms with Gasteiger partial charge in [-0.3, -0.25) is 4.79 Å². The van der Waals surface area contributed by atoms with E-state index < -0.39 is 0 Å². The quantitative estimate of drug-likeness (QED) is 0.492. The van der Waals surface area contributed by atoms with Gasteiger partial charge < -0.3 is 14.6 Å². The number of para-hydroxylation sites is 1. The normalized spacial score (nSPS) is 10.6. The molecule has 4 rings (SSSR count). The van der Waals surface area contributed by atoms with Gasteiger partial charge in [-0.15, -0.1) is 0 Å². The Balaban J connectivity index is 1.48. The van der Waals surface area contributed by atoms with Gasteiger partial charge in [0.05, 0.1) is 5.56 Å². The largest absolute Gasteiger partial charge is 0.483 e. The summed E-state index contributed by atoms with van der Waals surface area (Å²) in [7, 11) is 0. The Hall–Kier alpha value is -3.93. The Morgan fingerprint density at radius 1 is 0.967 bits per heavy atom. The van der Waals surface area contributed by atoms with E-state index in [1.165, 1.54) is 0 Å². The SMILES string of the molecule is Cc1ccc(-c2noc(-c3ccccc3OCC(=O)Nc3cccc(C)c3)n2)cc1. The highest BCUT2D eigenvalue weighted by Crippen LogP contribution is 2.30. The summed E-state index contributed by atoms with van der Waals surface area (Å²) < 4.78 is 11.2. The van der Waals surface area contributed by atoms with Crippen molar-refractivity contribution in [1.82, 2.24) is 10.1 Å². The lowest BCUT2D eigenvalue weighted by atomic mass is 10.1. The van der Waals surface area contributed by atoms with Crippen molar-refractivity contribution < 1.29 is 14.1 Å². The molecule has 0 radical (unpaired) electrons. The number of anilines is 1. The molecule has 0 aliphatic rings. The molecule has 1 heterocycles. The first-order valence-electron chi connectivity index (χ1n) is 9.58. The van der Waals surface area contributed by atoms with Crippen LogP contribution in [-0.2, 0) is 4.79 Å². The van der Waals surface area contributed by atoms with Crippen LogP contribution < -0.4 is 10.1 Å². The van der Waals surface area contributed by atoms with Gasteiger partial charge >= 0.3 is 0 Å². The summed E-state index contributed by atoms with van der Waals surface area (Å²) in [5.74, 6) is 1.08. The maximum atomic E-state index is 12.3. The summed E-state index contributed by atoms with van der Waals surface area (Å²) in [4.78, 5) is 16.8. The molecule has 0 unspecified atom stereocenters. The van der Waals surface area contributed by atoms with Crippen molar-refractivity contribution in [2.75, 3.05) is 11.9 Å². The number of nitrogens with one attached hydrogen (secondary N) is 1. The lowest BCUT2D eigenvalue weighted by Crippen LogP contribution is -2.20. The fourth-order valence-electron chi connectivity index (χ4n) is 2.99. The molecule has 0 saturated heterocycles. The molecule has 1 N–H and O–H groups in total. The molecule has 0 aliphatic heterocycles. The summed E-state index contributed by atoms with van der Waals surface area (Å²) in [5.41, 5.74) is 4.46. The first kappa shape index (κ1) is 19.4. The van der Waals surface area contributed by atoms with Gasteiger partial charge in [0.1, 0.15) is 5.75 Å². The molecule has 1 aromatic heterocycles. The van der Waals surface area contributed by atoms with Crippen molar-refractivity contribution in [3.63, 3.8) is 0 Å². The number of aromatic nitrogens is 2. The van der Waals surface area contributed by atoms with E-state index in [9.17, 15) is 4.79 Å². The number of nitrogens with zero attached hydrogens (tertiary/aromatic N) is 2. The van der Waals surface area contributed by atoms with Crippen molar-refractivity contribution in [3.8, 4) is 28.6 Å². The highest BCUT2D eigenvalue weighted by Gasteiger charge is 2.15. The maximum absolute atomic E-state index is 12.3. The third-order valence-electron chi connectivity index (χ3n) is 4.51. The Morgan fingerprint density at radius 2 is 1.77 bits per heavy atom. The van der Waals surface area contributed by atoms with Gasteiger partial charge in [-0.05, 0) is 43.7 Å². The molecule has 0 spiro atoms.